The summed E-state index contributed by atoms with van der Waals surface area (Å²) in [5, 5.41) is 5.93. The van der Waals surface area contributed by atoms with E-state index in [0.717, 1.165) is 56.7 Å². The van der Waals surface area contributed by atoms with Gasteiger partial charge in [-0.05, 0) is 69.1 Å². The van der Waals surface area contributed by atoms with Crippen LogP contribution in [0.2, 0.25) is 0 Å². The third-order valence-corrected chi connectivity index (χ3v) is 5.41. The van der Waals surface area contributed by atoms with E-state index >= 15 is 0 Å². The predicted octanol–water partition coefficient (Wildman–Crippen LogP) is 1.39. The maximum absolute atomic E-state index is 12.3. The van der Waals surface area contributed by atoms with Gasteiger partial charge in [-0.3, -0.25) is 14.3 Å². The highest BCUT2D eigenvalue weighted by molar-refractivity contribution is 5.94. The summed E-state index contributed by atoms with van der Waals surface area (Å²) in [6.07, 6.45) is 7.46. The van der Waals surface area contributed by atoms with E-state index in [1.165, 1.54) is 0 Å². The molecule has 32 heavy (non-hydrogen) atoms. The predicted molar refractivity (Wildman–Crippen MR) is 127 cm³/mol. The first-order valence-electron chi connectivity index (χ1n) is 11.1. The fourth-order valence-corrected chi connectivity index (χ4v) is 3.48. The van der Waals surface area contributed by atoms with Crippen molar-refractivity contribution in [3.63, 3.8) is 0 Å². The van der Waals surface area contributed by atoms with Gasteiger partial charge in [0.15, 0.2) is 0 Å². The summed E-state index contributed by atoms with van der Waals surface area (Å²) < 4.78 is 1.63. The second kappa shape index (κ2) is 12.0. The number of anilines is 2. The number of unbranched alkanes of at least 4 members (excludes halogenated alkanes) is 1. The lowest BCUT2D eigenvalue weighted by atomic mass is 10.2. The fraction of sp³-hybridized carbons (Fsp3) is 0.435. The summed E-state index contributed by atoms with van der Waals surface area (Å²) >= 11 is 0. The molecule has 0 atom stereocenters. The van der Waals surface area contributed by atoms with Crippen molar-refractivity contribution in [2.45, 2.75) is 32.2 Å². The zero-order valence-electron chi connectivity index (χ0n) is 18.4. The van der Waals surface area contributed by atoms with Crippen molar-refractivity contribution in [3.05, 3.63) is 64.3 Å². The molecular formula is C23H33N7O2. The van der Waals surface area contributed by atoms with E-state index in [1.54, 1.807) is 41.1 Å². The molecule has 0 spiro atoms. The molecule has 1 aliphatic heterocycles. The lowest BCUT2D eigenvalue weighted by Gasteiger charge is -2.24. The van der Waals surface area contributed by atoms with E-state index < -0.39 is 0 Å². The van der Waals surface area contributed by atoms with E-state index in [9.17, 15) is 9.59 Å². The van der Waals surface area contributed by atoms with Gasteiger partial charge in [-0.25, -0.2) is 4.79 Å². The smallest absolute Gasteiger partial charge is 0.349 e. The summed E-state index contributed by atoms with van der Waals surface area (Å²) in [6.45, 7) is 4.66. The first kappa shape index (κ1) is 23.5. The van der Waals surface area contributed by atoms with E-state index in [2.05, 4.69) is 26.6 Å². The van der Waals surface area contributed by atoms with Crippen molar-refractivity contribution in [1.82, 2.24) is 19.8 Å². The number of amides is 1. The monoisotopic (exact) mass is 439 g/mol. The summed E-state index contributed by atoms with van der Waals surface area (Å²) in [5.74, 6) is 0.343. The molecular weight excluding hydrogens is 406 g/mol. The molecule has 2 aromatic rings. The molecule has 1 aromatic heterocycles. The molecule has 0 saturated carbocycles. The van der Waals surface area contributed by atoms with Crippen LogP contribution in [0.25, 0.3) is 0 Å². The number of rotatable bonds is 11. The van der Waals surface area contributed by atoms with E-state index in [0.29, 0.717) is 31.0 Å². The Kier molecular flexibility index (Phi) is 8.82. The Hall–Kier alpha value is -3.17. The molecule has 0 bridgehead atoms. The van der Waals surface area contributed by atoms with Gasteiger partial charge < -0.3 is 22.1 Å². The Morgan fingerprint density at radius 2 is 1.88 bits per heavy atom. The Bertz CT molecular complexity index is 969. The minimum atomic E-state index is -0.278. The van der Waals surface area contributed by atoms with E-state index in [-0.39, 0.29) is 11.6 Å². The van der Waals surface area contributed by atoms with Gasteiger partial charge in [0.1, 0.15) is 5.82 Å². The van der Waals surface area contributed by atoms with Crippen molar-refractivity contribution < 1.29 is 4.79 Å². The van der Waals surface area contributed by atoms with Crippen LogP contribution in [-0.2, 0) is 6.54 Å². The van der Waals surface area contributed by atoms with Crippen LogP contribution in [0.4, 0.5) is 11.5 Å². The quantitative estimate of drug-likeness (QED) is 0.389. The average molecular weight is 440 g/mol. The van der Waals surface area contributed by atoms with Crippen LogP contribution in [0.5, 0.6) is 0 Å². The minimum absolute atomic E-state index is 0.133. The van der Waals surface area contributed by atoms with Crippen LogP contribution in [0.1, 0.15) is 36.0 Å². The van der Waals surface area contributed by atoms with Crippen molar-refractivity contribution in [3.8, 4) is 0 Å². The third kappa shape index (κ3) is 7.21. The molecule has 1 aliphatic rings. The normalized spacial score (nSPS) is 14.1. The molecule has 0 radical (unpaired) electrons. The maximum Gasteiger partial charge on any atom is 0.349 e. The molecule has 3 rings (SSSR count). The topological polar surface area (TPSA) is 131 Å². The van der Waals surface area contributed by atoms with Crippen LogP contribution in [0.3, 0.4) is 0 Å². The zero-order chi connectivity index (χ0) is 22.8. The molecule has 6 N–H and O–H groups in total. The van der Waals surface area contributed by atoms with Crippen LogP contribution >= 0.6 is 0 Å². The Labute approximate surface area is 188 Å². The van der Waals surface area contributed by atoms with Gasteiger partial charge in [-0.1, -0.05) is 6.08 Å². The van der Waals surface area contributed by atoms with Crippen LogP contribution in [0.15, 0.2) is 53.1 Å². The van der Waals surface area contributed by atoms with Gasteiger partial charge >= 0.3 is 5.69 Å². The van der Waals surface area contributed by atoms with E-state index in [1.807, 2.05) is 0 Å². The van der Waals surface area contributed by atoms with Gasteiger partial charge in [0.05, 0.1) is 0 Å². The molecule has 0 saturated heterocycles. The van der Waals surface area contributed by atoms with Gasteiger partial charge in [-0.2, -0.15) is 4.98 Å². The lowest BCUT2D eigenvalue weighted by Crippen LogP contribution is -2.31. The second-order valence-electron chi connectivity index (χ2n) is 7.93. The third-order valence-electron chi connectivity index (χ3n) is 5.41. The fourth-order valence-electron chi connectivity index (χ4n) is 3.48. The Morgan fingerprint density at radius 3 is 2.56 bits per heavy atom. The van der Waals surface area contributed by atoms with Gasteiger partial charge in [0.2, 0.25) is 0 Å². The number of nitrogens with two attached hydrogens (primary N) is 2. The number of aryl methyl sites for hydroxylation is 1. The Morgan fingerprint density at radius 1 is 1.09 bits per heavy atom. The molecule has 0 unspecified atom stereocenters. The highest BCUT2D eigenvalue weighted by Crippen LogP contribution is 2.14. The van der Waals surface area contributed by atoms with Crippen LogP contribution < -0.4 is 27.8 Å². The van der Waals surface area contributed by atoms with Gasteiger partial charge in [-0.15, -0.1) is 0 Å². The number of hydrogen-bond donors (Lipinski definition) is 4. The molecule has 9 heteroatoms. The first-order valence-corrected chi connectivity index (χ1v) is 11.1. The minimum Gasteiger partial charge on any atom is -0.402 e. The number of nitrogens with one attached hydrogen (secondary N) is 2. The van der Waals surface area contributed by atoms with Crippen LogP contribution in [0, 0.1) is 0 Å². The highest BCUT2D eigenvalue weighted by atomic mass is 16.2. The van der Waals surface area contributed by atoms with E-state index in [4.69, 9.17) is 11.5 Å². The van der Waals surface area contributed by atoms with Crippen molar-refractivity contribution in [2.24, 2.45) is 11.5 Å². The number of benzene rings is 1. The standard InChI is InChI=1S/C23H33N7O2/c24-11-3-12-26-22(31)18-4-6-20(7-5-18)27-21-10-17-30(23(32)28-21)14-2-1-13-29-15-8-19(25)9-16-29/h4-8,10,17H,1-3,9,11-16,24-25H2,(H,26,31)(H,27,28,32). The van der Waals surface area contributed by atoms with Crippen molar-refractivity contribution in [1.29, 1.82) is 0 Å². The lowest BCUT2D eigenvalue weighted by molar-refractivity contribution is 0.0953. The summed E-state index contributed by atoms with van der Waals surface area (Å²) in [7, 11) is 0. The van der Waals surface area contributed by atoms with Crippen molar-refractivity contribution >= 4 is 17.4 Å². The number of hydrogen-bond acceptors (Lipinski definition) is 7. The highest BCUT2D eigenvalue weighted by Gasteiger charge is 2.09. The molecule has 0 aliphatic carbocycles. The first-order chi connectivity index (χ1) is 15.5. The summed E-state index contributed by atoms with van der Waals surface area (Å²) in [5.41, 5.74) is 13.3. The van der Waals surface area contributed by atoms with Crippen molar-refractivity contribution in [2.75, 3.05) is 38.0 Å². The molecule has 172 valence electrons. The molecule has 1 amide bonds. The number of carbonyl (C=O) groups excluding carboxylic acids is 1. The number of nitrogens with zero attached hydrogens (tertiary/aromatic N) is 3. The van der Waals surface area contributed by atoms with Gasteiger partial charge in [0.25, 0.3) is 5.91 Å². The number of carbonyl (C=O) groups is 1. The molecule has 9 nitrogen and oxygen atoms in total. The molecule has 1 aromatic carbocycles. The molecule has 0 fully saturated rings. The largest absolute Gasteiger partial charge is 0.402 e. The summed E-state index contributed by atoms with van der Waals surface area (Å²) in [4.78, 5) is 30.9. The maximum atomic E-state index is 12.3. The van der Waals surface area contributed by atoms with Crippen LogP contribution in [-0.4, -0.2) is 53.1 Å². The number of aromatic nitrogens is 2. The summed E-state index contributed by atoms with van der Waals surface area (Å²) in [6, 6.07) is 8.82. The van der Waals surface area contributed by atoms with Gasteiger partial charge in [0, 0.05) is 49.3 Å². The average Bonchev–Trinajstić information content (AvgIpc) is 2.80. The Balaban J connectivity index is 1.45. The second-order valence-corrected chi connectivity index (χ2v) is 7.93. The zero-order valence-corrected chi connectivity index (χ0v) is 18.4. The SMILES string of the molecule is NCCCNC(=O)c1ccc(Nc2ccn(CCCCN3CC=C(N)CC3)c(=O)n2)cc1. The molecule has 2 heterocycles.